The average Bonchev–Trinajstić information content (AvgIpc) is 3.05. The van der Waals surface area contributed by atoms with Crippen LogP contribution in [0.25, 0.3) is 0 Å². The topological polar surface area (TPSA) is 42.7 Å². The van der Waals surface area contributed by atoms with Crippen molar-refractivity contribution >= 4 is 11.6 Å². The molecule has 4 nitrogen and oxygen atoms in total. The largest absolute Gasteiger partial charge is 0.299 e. The fourth-order valence-electron chi connectivity index (χ4n) is 2.59. The molecule has 124 valence electrons. The Balaban J connectivity index is 1.82. The second-order valence-corrected chi connectivity index (χ2v) is 6.44. The van der Waals surface area contributed by atoms with E-state index in [1.807, 2.05) is 59.5 Å². The van der Waals surface area contributed by atoms with E-state index in [4.69, 9.17) is 11.6 Å². The molecule has 0 amide bonds. The highest BCUT2D eigenvalue weighted by molar-refractivity contribution is 6.30. The van der Waals surface area contributed by atoms with Gasteiger partial charge >= 0.3 is 0 Å². The maximum atomic E-state index is 6.17. The van der Waals surface area contributed by atoms with Gasteiger partial charge in [-0.15, -0.1) is 0 Å². The summed E-state index contributed by atoms with van der Waals surface area (Å²) in [7, 11) is 0. The van der Waals surface area contributed by atoms with Crippen molar-refractivity contribution in [1.82, 2.24) is 20.1 Å². The normalized spacial score (nSPS) is 12.5. The molecule has 0 fully saturated rings. The maximum absolute atomic E-state index is 6.17. The standard InChI is InChI=1S/C19H21ClN4/c1-14(2)24-11-9-17(23-24)13-22-19(18-8-3-4-10-21-18)15-6-5-7-16(20)12-15/h3-12,14,19,22H,13H2,1-2H3/t19-/m0/s1. The van der Waals surface area contributed by atoms with Gasteiger partial charge < -0.3 is 0 Å². The monoisotopic (exact) mass is 340 g/mol. The van der Waals surface area contributed by atoms with Crippen molar-refractivity contribution in [2.24, 2.45) is 0 Å². The molecule has 0 saturated carbocycles. The van der Waals surface area contributed by atoms with Crippen LogP contribution in [0.5, 0.6) is 0 Å². The lowest BCUT2D eigenvalue weighted by Gasteiger charge is -2.18. The number of hydrogen-bond acceptors (Lipinski definition) is 3. The highest BCUT2D eigenvalue weighted by Crippen LogP contribution is 2.23. The van der Waals surface area contributed by atoms with Crippen LogP contribution >= 0.6 is 11.6 Å². The number of hydrogen-bond donors (Lipinski definition) is 1. The van der Waals surface area contributed by atoms with Gasteiger partial charge in [0.15, 0.2) is 0 Å². The van der Waals surface area contributed by atoms with Crippen LogP contribution in [0.2, 0.25) is 5.02 Å². The lowest BCUT2D eigenvalue weighted by atomic mass is 10.0. The minimum absolute atomic E-state index is 0.0332. The van der Waals surface area contributed by atoms with Gasteiger partial charge in [-0.05, 0) is 49.7 Å². The highest BCUT2D eigenvalue weighted by Gasteiger charge is 2.16. The molecule has 0 spiro atoms. The first-order valence-electron chi connectivity index (χ1n) is 8.07. The van der Waals surface area contributed by atoms with E-state index in [0.717, 1.165) is 22.0 Å². The Bertz CT molecular complexity index is 783. The van der Waals surface area contributed by atoms with Gasteiger partial charge in [0.2, 0.25) is 0 Å². The van der Waals surface area contributed by atoms with E-state index in [9.17, 15) is 0 Å². The molecule has 0 saturated heterocycles. The third-order valence-electron chi connectivity index (χ3n) is 3.85. The maximum Gasteiger partial charge on any atom is 0.0762 e. The average molecular weight is 341 g/mol. The summed E-state index contributed by atoms with van der Waals surface area (Å²) in [6, 6.07) is 16.2. The molecule has 3 rings (SSSR count). The quantitative estimate of drug-likeness (QED) is 0.723. The van der Waals surface area contributed by atoms with Crippen LogP contribution in [0.1, 0.15) is 42.9 Å². The van der Waals surface area contributed by atoms with Gasteiger partial charge in [-0.25, -0.2) is 0 Å². The zero-order chi connectivity index (χ0) is 16.9. The SMILES string of the molecule is CC(C)n1ccc(CN[C@@H](c2cccc(Cl)c2)c2ccccn2)n1. The van der Waals surface area contributed by atoms with Crippen molar-refractivity contribution in [3.63, 3.8) is 0 Å². The molecule has 0 aliphatic heterocycles. The van der Waals surface area contributed by atoms with Crippen molar-refractivity contribution in [1.29, 1.82) is 0 Å². The Labute approximate surface area is 147 Å². The van der Waals surface area contributed by atoms with Crippen LogP contribution in [-0.4, -0.2) is 14.8 Å². The van der Waals surface area contributed by atoms with E-state index >= 15 is 0 Å². The molecule has 1 N–H and O–H groups in total. The summed E-state index contributed by atoms with van der Waals surface area (Å²) in [5.74, 6) is 0. The van der Waals surface area contributed by atoms with E-state index in [-0.39, 0.29) is 6.04 Å². The second-order valence-electron chi connectivity index (χ2n) is 6.00. The van der Waals surface area contributed by atoms with E-state index in [1.165, 1.54) is 0 Å². The summed E-state index contributed by atoms with van der Waals surface area (Å²) < 4.78 is 1.96. The van der Waals surface area contributed by atoms with Gasteiger partial charge in [0.05, 0.1) is 17.4 Å². The molecular weight excluding hydrogens is 320 g/mol. The Morgan fingerprint density at radius 3 is 2.67 bits per heavy atom. The first kappa shape index (κ1) is 16.7. The number of rotatable bonds is 6. The molecule has 2 aromatic heterocycles. The van der Waals surface area contributed by atoms with Gasteiger partial charge in [0.25, 0.3) is 0 Å². The second kappa shape index (κ2) is 7.60. The van der Waals surface area contributed by atoms with Crippen LogP contribution in [-0.2, 0) is 6.54 Å². The molecule has 5 heteroatoms. The van der Waals surface area contributed by atoms with Crippen LogP contribution in [0.4, 0.5) is 0 Å². The smallest absolute Gasteiger partial charge is 0.0762 e. The van der Waals surface area contributed by atoms with E-state index in [1.54, 1.807) is 0 Å². The van der Waals surface area contributed by atoms with Gasteiger partial charge in [0.1, 0.15) is 0 Å². The predicted molar refractivity (Wildman–Crippen MR) is 97.0 cm³/mol. The molecule has 2 heterocycles. The van der Waals surface area contributed by atoms with E-state index in [2.05, 4.69) is 35.3 Å². The van der Waals surface area contributed by atoms with Gasteiger partial charge in [-0.2, -0.15) is 5.10 Å². The van der Waals surface area contributed by atoms with Gasteiger partial charge in [0, 0.05) is 30.0 Å². The summed E-state index contributed by atoms with van der Waals surface area (Å²) in [4.78, 5) is 4.50. The lowest BCUT2D eigenvalue weighted by molar-refractivity contribution is 0.515. The first-order chi connectivity index (χ1) is 11.6. The third-order valence-corrected chi connectivity index (χ3v) is 4.08. The molecule has 0 aliphatic carbocycles. The fraction of sp³-hybridized carbons (Fsp3) is 0.263. The molecular formula is C19H21ClN4. The Morgan fingerprint density at radius 1 is 1.12 bits per heavy atom. The number of pyridine rings is 1. The molecule has 0 aliphatic rings. The third kappa shape index (κ3) is 4.02. The Kier molecular flexibility index (Phi) is 5.28. The number of halogens is 1. The number of aromatic nitrogens is 3. The van der Waals surface area contributed by atoms with Crippen molar-refractivity contribution in [3.05, 3.63) is 82.9 Å². The van der Waals surface area contributed by atoms with Crippen LogP contribution in [0.3, 0.4) is 0 Å². The summed E-state index contributed by atoms with van der Waals surface area (Å²) in [5, 5.41) is 8.87. The minimum Gasteiger partial charge on any atom is -0.299 e. The molecule has 24 heavy (non-hydrogen) atoms. The molecule has 1 aromatic carbocycles. The van der Waals surface area contributed by atoms with Crippen LogP contribution in [0.15, 0.2) is 60.9 Å². The minimum atomic E-state index is -0.0332. The van der Waals surface area contributed by atoms with Crippen molar-refractivity contribution in [2.45, 2.75) is 32.5 Å². The Morgan fingerprint density at radius 2 is 2.00 bits per heavy atom. The summed E-state index contributed by atoms with van der Waals surface area (Å²) in [6.07, 6.45) is 3.82. The van der Waals surface area contributed by atoms with Crippen LogP contribution < -0.4 is 5.32 Å². The number of nitrogens with one attached hydrogen (secondary N) is 1. The molecule has 0 radical (unpaired) electrons. The van der Waals surface area contributed by atoms with Crippen molar-refractivity contribution in [3.8, 4) is 0 Å². The molecule has 0 unspecified atom stereocenters. The summed E-state index contributed by atoms with van der Waals surface area (Å²) >= 11 is 6.17. The lowest BCUT2D eigenvalue weighted by Crippen LogP contribution is -2.23. The van der Waals surface area contributed by atoms with Crippen LogP contribution in [0, 0.1) is 0 Å². The summed E-state index contributed by atoms with van der Waals surface area (Å²) in [6.45, 7) is 4.90. The van der Waals surface area contributed by atoms with Gasteiger partial charge in [-0.1, -0.05) is 29.8 Å². The fourth-order valence-corrected chi connectivity index (χ4v) is 2.79. The number of benzene rings is 1. The van der Waals surface area contributed by atoms with E-state index < -0.39 is 0 Å². The van der Waals surface area contributed by atoms with Gasteiger partial charge in [-0.3, -0.25) is 15.0 Å². The zero-order valence-corrected chi connectivity index (χ0v) is 14.6. The van der Waals surface area contributed by atoms with E-state index in [0.29, 0.717) is 12.6 Å². The number of nitrogens with zero attached hydrogens (tertiary/aromatic N) is 3. The summed E-state index contributed by atoms with van der Waals surface area (Å²) in [5.41, 5.74) is 3.05. The molecule has 3 aromatic rings. The predicted octanol–water partition coefficient (Wildman–Crippen LogP) is 4.39. The zero-order valence-electron chi connectivity index (χ0n) is 13.9. The first-order valence-corrected chi connectivity index (χ1v) is 8.45. The van der Waals surface area contributed by atoms with Crippen molar-refractivity contribution in [2.75, 3.05) is 0 Å². The Hall–Kier alpha value is -2.17. The highest BCUT2D eigenvalue weighted by atomic mass is 35.5. The molecule has 0 bridgehead atoms. The molecule has 1 atom stereocenters. The van der Waals surface area contributed by atoms with Crippen molar-refractivity contribution < 1.29 is 0 Å².